The first kappa shape index (κ1) is 11.1. The van der Waals surface area contributed by atoms with Crippen LogP contribution in [0.4, 0.5) is 0 Å². The smallest absolute Gasteiger partial charge is 0.0375 e. The summed E-state index contributed by atoms with van der Waals surface area (Å²) in [5, 5.41) is 7.81. The second-order valence-corrected chi connectivity index (χ2v) is 3.02. The van der Waals surface area contributed by atoms with Crippen LogP contribution in [0.2, 0.25) is 0 Å². The molecule has 0 rings (SSSR count). The molecule has 68 valence electrons. The van der Waals surface area contributed by atoms with Gasteiger partial charge in [-0.3, -0.25) is 0 Å². The number of allylic oxidation sites excluding steroid dienone is 1. The van der Waals surface area contributed by atoms with Crippen molar-refractivity contribution in [3.63, 3.8) is 0 Å². The fraction of sp³-hybridized carbons (Fsp3) is 0.600. The molecular weight excluding hydrogens is 148 g/mol. The summed E-state index contributed by atoms with van der Waals surface area (Å²) in [6.07, 6.45) is 4.93. The second kappa shape index (κ2) is 6.77. The number of hydrogen-bond donors (Lipinski definition) is 0. The first-order valence-electron chi connectivity index (χ1n) is 4.32. The van der Waals surface area contributed by atoms with Crippen molar-refractivity contribution in [2.45, 2.75) is 40.0 Å². The van der Waals surface area contributed by atoms with Crippen LogP contribution in [-0.2, 0) is 0 Å². The van der Waals surface area contributed by atoms with Gasteiger partial charge in [-0.05, 0) is 40.0 Å². The van der Waals surface area contributed by atoms with E-state index < -0.39 is 0 Å². The van der Waals surface area contributed by atoms with E-state index in [0.29, 0.717) is 0 Å². The normalized spacial score (nSPS) is 12.4. The molecule has 2 nitrogen and oxygen atoms in total. The number of hydrogen-bond acceptors (Lipinski definition) is 2. The molecule has 0 aromatic heterocycles. The lowest BCUT2D eigenvalue weighted by Gasteiger charge is -1.98. The van der Waals surface area contributed by atoms with Crippen molar-refractivity contribution >= 4 is 11.9 Å². The van der Waals surface area contributed by atoms with Gasteiger partial charge in [-0.15, -0.1) is 6.58 Å². The maximum absolute atomic E-state index is 4.00. The standard InChI is InChI=1S/C10H18N2/c1-5-11-12-10(4)8-6-7-9(2)3/h5H,2,6-8H2,1,3-4H3/b11-5+,12-10-. The van der Waals surface area contributed by atoms with E-state index >= 15 is 0 Å². The highest BCUT2D eigenvalue weighted by Crippen LogP contribution is 2.04. The molecular formula is C10H18N2. The molecule has 0 fully saturated rings. The molecule has 0 aliphatic rings. The molecule has 0 aromatic rings. The summed E-state index contributed by atoms with van der Waals surface area (Å²) >= 11 is 0. The Balaban J connectivity index is 3.56. The minimum atomic E-state index is 1.02. The molecule has 0 aromatic carbocycles. The molecule has 0 spiro atoms. The van der Waals surface area contributed by atoms with Crippen molar-refractivity contribution < 1.29 is 0 Å². The van der Waals surface area contributed by atoms with E-state index in [1.54, 1.807) is 6.21 Å². The highest BCUT2D eigenvalue weighted by Gasteiger charge is 1.91. The predicted molar refractivity (Wildman–Crippen MR) is 55.9 cm³/mol. The predicted octanol–water partition coefficient (Wildman–Crippen LogP) is 3.20. The molecule has 0 heterocycles. The third kappa shape index (κ3) is 7.19. The minimum Gasteiger partial charge on any atom is -0.164 e. The van der Waals surface area contributed by atoms with Gasteiger partial charge in [0, 0.05) is 11.9 Å². The molecule has 2 heteroatoms. The van der Waals surface area contributed by atoms with E-state index in [1.165, 1.54) is 5.57 Å². The van der Waals surface area contributed by atoms with E-state index in [1.807, 2.05) is 13.8 Å². The summed E-state index contributed by atoms with van der Waals surface area (Å²) < 4.78 is 0. The monoisotopic (exact) mass is 166 g/mol. The van der Waals surface area contributed by atoms with Gasteiger partial charge in [-0.2, -0.15) is 10.2 Å². The van der Waals surface area contributed by atoms with E-state index in [2.05, 4.69) is 23.7 Å². The first-order chi connectivity index (χ1) is 5.66. The van der Waals surface area contributed by atoms with Gasteiger partial charge in [0.15, 0.2) is 0 Å². The van der Waals surface area contributed by atoms with Crippen LogP contribution in [-0.4, -0.2) is 11.9 Å². The van der Waals surface area contributed by atoms with E-state index in [-0.39, 0.29) is 0 Å². The van der Waals surface area contributed by atoms with Crippen LogP contribution in [0.3, 0.4) is 0 Å². The summed E-state index contributed by atoms with van der Waals surface area (Å²) in [5.74, 6) is 0. The van der Waals surface area contributed by atoms with Crippen molar-refractivity contribution in [1.82, 2.24) is 0 Å². The summed E-state index contributed by atoms with van der Waals surface area (Å²) in [7, 11) is 0. The van der Waals surface area contributed by atoms with Crippen LogP contribution in [0.15, 0.2) is 22.4 Å². The van der Waals surface area contributed by atoms with Gasteiger partial charge in [-0.25, -0.2) is 0 Å². The Kier molecular flexibility index (Phi) is 6.25. The lowest BCUT2D eigenvalue weighted by molar-refractivity contribution is 0.851. The van der Waals surface area contributed by atoms with Gasteiger partial charge in [-0.1, -0.05) is 5.57 Å². The Morgan fingerprint density at radius 1 is 1.33 bits per heavy atom. The highest BCUT2D eigenvalue weighted by atomic mass is 15.2. The van der Waals surface area contributed by atoms with Crippen LogP contribution in [0.5, 0.6) is 0 Å². The quantitative estimate of drug-likeness (QED) is 0.340. The Morgan fingerprint density at radius 3 is 2.50 bits per heavy atom. The molecule has 0 unspecified atom stereocenters. The molecule has 12 heavy (non-hydrogen) atoms. The second-order valence-electron chi connectivity index (χ2n) is 3.02. The molecule has 0 atom stereocenters. The van der Waals surface area contributed by atoms with Crippen molar-refractivity contribution in [3.8, 4) is 0 Å². The highest BCUT2D eigenvalue weighted by molar-refractivity contribution is 5.82. The number of rotatable bonds is 5. The van der Waals surface area contributed by atoms with E-state index in [4.69, 9.17) is 0 Å². The van der Waals surface area contributed by atoms with E-state index in [9.17, 15) is 0 Å². The van der Waals surface area contributed by atoms with Crippen molar-refractivity contribution in [1.29, 1.82) is 0 Å². The lowest BCUT2D eigenvalue weighted by atomic mass is 10.1. The third-order valence-corrected chi connectivity index (χ3v) is 1.49. The average Bonchev–Trinajstić information content (AvgIpc) is 2.00. The molecule has 0 radical (unpaired) electrons. The largest absolute Gasteiger partial charge is 0.164 e. The Morgan fingerprint density at radius 2 is 2.00 bits per heavy atom. The molecule has 0 bridgehead atoms. The Hall–Kier alpha value is -0.920. The average molecular weight is 166 g/mol. The van der Waals surface area contributed by atoms with Crippen molar-refractivity contribution in [2.24, 2.45) is 10.2 Å². The van der Waals surface area contributed by atoms with Gasteiger partial charge in [0.1, 0.15) is 0 Å². The fourth-order valence-electron chi connectivity index (χ4n) is 0.852. The van der Waals surface area contributed by atoms with Gasteiger partial charge in [0.05, 0.1) is 0 Å². The zero-order valence-electron chi connectivity index (χ0n) is 8.30. The number of nitrogens with zero attached hydrogens (tertiary/aromatic N) is 2. The van der Waals surface area contributed by atoms with Crippen LogP contribution in [0.25, 0.3) is 0 Å². The van der Waals surface area contributed by atoms with Crippen LogP contribution < -0.4 is 0 Å². The van der Waals surface area contributed by atoms with Gasteiger partial charge < -0.3 is 0 Å². The van der Waals surface area contributed by atoms with E-state index in [0.717, 1.165) is 25.0 Å². The molecule has 0 N–H and O–H groups in total. The maximum Gasteiger partial charge on any atom is 0.0375 e. The van der Waals surface area contributed by atoms with Crippen molar-refractivity contribution in [3.05, 3.63) is 12.2 Å². The lowest BCUT2D eigenvalue weighted by Crippen LogP contribution is -1.90. The van der Waals surface area contributed by atoms with Crippen LogP contribution in [0.1, 0.15) is 40.0 Å². The summed E-state index contributed by atoms with van der Waals surface area (Å²) in [4.78, 5) is 0. The summed E-state index contributed by atoms with van der Waals surface area (Å²) in [5.41, 5.74) is 2.33. The maximum atomic E-state index is 4.00. The summed E-state index contributed by atoms with van der Waals surface area (Å²) in [6, 6.07) is 0. The molecule has 0 saturated carbocycles. The molecule has 0 aliphatic carbocycles. The molecule has 0 aliphatic heterocycles. The third-order valence-electron chi connectivity index (χ3n) is 1.49. The SMILES string of the molecule is C=C(C)CCC/C(C)=N\N=C\C. The first-order valence-corrected chi connectivity index (χ1v) is 4.32. The summed E-state index contributed by atoms with van der Waals surface area (Å²) in [6.45, 7) is 9.77. The van der Waals surface area contributed by atoms with Gasteiger partial charge in [0.25, 0.3) is 0 Å². The van der Waals surface area contributed by atoms with Crippen molar-refractivity contribution in [2.75, 3.05) is 0 Å². The Bertz CT molecular complexity index is 190. The fourth-order valence-corrected chi connectivity index (χ4v) is 0.852. The van der Waals surface area contributed by atoms with Gasteiger partial charge in [0.2, 0.25) is 0 Å². The van der Waals surface area contributed by atoms with Crippen LogP contribution in [0, 0.1) is 0 Å². The zero-order valence-corrected chi connectivity index (χ0v) is 8.30. The topological polar surface area (TPSA) is 24.7 Å². The zero-order chi connectivity index (χ0) is 9.40. The van der Waals surface area contributed by atoms with Gasteiger partial charge >= 0.3 is 0 Å². The molecule has 0 saturated heterocycles. The molecule has 0 amide bonds. The Labute approximate surface area is 75.1 Å². The minimum absolute atomic E-state index is 1.02. The van der Waals surface area contributed by atoms with Crippen LogP contribution >= 0.6 is 0 Å².